The second-order valence-corrected chi connectivity index (χ2v) is 5.68. The Morgan fingerprint density at radius 3 is 2.27 bits per heavy atom. The summed E-state index contributed by atoms with van der Waals surface area (Å²) in [5, 5.41) is 0. The molecule has 0 aromatic carbocycles. The van der Waals surface area contributed by atoms with E-state index < -0.39 is 0 Å². The topological polar surface area (TPSA) is 78.1 Å². The van der Waals surface area contributed by atoms with Gasteiger partial charge < -0.3 is 13.3 Å². The van der Waals surface area contributed by atoms with Crippen molar-refractivity contribution < 1.29 is 13.3 Å². The van der Waals surface area contributed by atoms with Gasteiger partial charge in [-0.25, -0.2) is 15.0 Å². The van der Waals surface area contributed by atoms with E-state index in [4.69, 9.17) is 13.3 Å². The van der Waals surface area contributed by atoms with Crippen LogP contribution in [0.1, 0.15) is 49.7 Å². The van der Waals surface area contributed by atoms with Crippen molar-refractivity contribution in [3.05, 3.63) is 30.2 Å². The molecule has 0 aliphatic heterocycles. The van der Waals surface area contributed by atoms with Gasteiger partial charge in [-0.1, -0.05) is 19.3 Å². The van der Waals surface area contributed by atoms with Crippen LogP contribution in [0.3, 0.4) is 0 Å². The summed E-state index contributed by atoms with van der Waals surface area (Å²) >= 11 is 0. The largest absolute Gasteiger partial charge is 0.438 e. The van der Waals surface area contributed by atoms with Gasteiger partial charge in [0, 0.05) is 12.8 Å². The number of hydrogen-bond donors (Lipinski definition) is 0. The third-order valence-electron chi connectivity index (χ3n) is 4.08. The predicted octanol–water partition coefficient (Wildman–Crippen LogP) is 4.34. The molecule has 3 aromatic heterocycles. The SMILES string of the molecule is Cc1ncc(-c2ncc(-c3ncc(C4CCCCC4)o3)o2)o1. The van der Waals surface area contributed by atoms with Crippen molar-refractivity contribution in [2.75, 3.05) is 0 Å². The van der Waals surface area contributed by atoms with Crippen molar-refractivity contribution in [3.63, 3.8) is 0 Å². The molecule has 3 heterocycles. The van der Waals surface area contributed by atoms with Crippen LogP contribution in [-0.2, 0) is 0 Å². The summed E-state index contributed by atoms with van der Waals surface area (Å²) in [6.45, 7) is 1.78. The molecule has 22 heavy (non-hydrogen) atoms. The van der Waals surface area contributed by atoms with Gasteiger partial charge in [-0.2, -0.15) is 0 Å². The first kappa shape index (κ1) is 13.3. The normalized spacial score (nSPS) is 16.2. The van der Waals surface area contributed by atoms with Crippen molar-refractivity contribution in [3.8, 4) is 23.3 Å². The molecule has 1 aliphatic rings. The summed E-state index contributed by atoms with van der Waals surface area (Å²) in [6, 6.07) is 0. The van der Waals surface area contributed by atoms with Gasteiger partial charge in [-0.15, -0.1) is 0 Å². The molecule has 0 bridgehead atoms. The molecule has 0 spiro atoms. The Morgan fingerprint density at radius 2 is 1.50 bits per heavy atom. The van der Waals surface area contributed by atoms with Crippen molar-refractivity contribution in [2.45, 2.75) is 44.9 Å². The first-order chi connectivity index (χ1) is 10.8. The van der Waals surface area contributed by atoms with Gasteiger partial charge >= 0.3 is 0 Å². The Labute approximate surface area is 127 Å². The minimum atomic E-state index is 0.382. The summed E-state index contributed by atoms with van der Waals surface area (Å²) in [5.74, 6) is 3.86. The molecule has 0 N–H and O–H groups in total. The van der Waals surface area contributed by atoms with Crippen LogP contribution in [0.2, 0.25) is 0 Å². The highest BCUT2D eigenvalue weighted by molar-refractivity contribution is 5.50. The number of nitrogens with zero attached hydrogens (tertiary/aromatic N) is 3. The van der Waals surface area contributed by atoms with Crippen LogP contribution in [0.4, 0.5) is 0 Å². The van der Waals surface area contributed by atoms with E-state index in [9.17, 15) is 0 Å². The maximum absolute atomic E-state index is 5.87. The second kappa shape index (κ2) is 5.44. The first-order valence-electron chi connectivity index (χ1n) is 7.64. The molecule has 0 amide bonds. The van der Waals surface area contributed by atoms with E-state index in [-0.39, 0.29) is 0 Å². The number of aryl methyl sites for hydroxylation is 1. The molecule has 4 rings (SSSR count). The zero-order valence-electron chi connectivity index (χ0n) is 12.4. The lowest BCUT2D eigenvalue weighted by Gasteiger charge is -2.18. The molecular weight excluding hydrogens is 282 g/mol. The molecule has 0 saturated heterocycles. The second-order valence-electron chi connectivity index (χ2n) is 5.68. The van der Waals surface area contributed by atoms with Crippen molar-refractivity contribution in [1.82, 2.24) is 15.0 Å². The van der Waals surface area contributed by atoms with Crippen LogP contribution >= 0.6 is 0 Å². The van der Waals surface area contributed by atoms with Crippen molar-refractivity contribution in [1.29, 1.82) is 0 Å². The van der Waals surface area contributed by atoms with Crippen molar-refractivity contribution >= 4 is 0 Å². The van der Waals surface area contributed by atoms with Gasteiger partial charge in [0.15, 0.2) is 5.89 Å². The Morgan fingerprint density at radius 1 is 0.818 bits per heavy atom. The molecule has 1 fully saturated rings. The highest BCUT2D eigenvalue weighted by atomic mass is 16.4. The van der Waals surface area contributed by atoms with Gasteiger partial charge in [0.05, 0.1) is 18.6 Å². The van der Waals surface area contributed by atoms with Crippen LogP contribution in [0, 0.1) is 6.92 Å². The Kier molecular flexibility index (Phi) is 3.29. The zero-order valence-corrected chi connectivity index (χ0v) is 12.4. The van der Waals surface area contributed by atoms with E-state index in [0.717, 1.165) is 5.76 Å². The van der Waals surface area contributed by atoms with E-state index in [1.807, 2.05) is 6.20 Å². The monoisotopic (exact) mass is 299 g/mol. The van der Waals surface area contributed by atoms with E-state index >= 15 is 0 Å². The van der Waals surface area contributed by atoms with Crippen LogP contribution in [0.15, 0.2) is 31.8 Å². The molecule has 0 atom stereocenters. The summed E-state index contributed by atoms with van der Waals surface area (Å²) in [4.78, 5) is 12.6. The Balaban J connectivity index is 1.57. The maximum Gasteiger partial charge on any atom is 0.265 e. The van der Waals surface area contributed by atoms with Gasteiger partial charge in [-0.05, 0) is 12.8 Å². The van der Waals surface area contributed by atoms with E-state index in [2.05, 4.69) is 15.0 Å². The molecule has 114 valence electrons. The fourth-order valence-electron chi connectivity index (χ4n) is 2.92. The van der Waals surface area contributed by atoms with Gasteiger partial charge in [0.2, 0.25) is 11.5 Å². The molecule has 0 radical (unpaired) electrons. The number of rotatable bonds is 3. The van der Waals surface area contributed by atoms with Gasteiger partial charge in [-0.3, -0.25) is 0 Å². The van der Waals surface area contributed by atoms with E-state index in [0.29, 0.717) is 35.1 Å². The average molecular weight is 299 g/mol. The summed E-state index contributed by atoms with van der Waals surface area (Å²) in [5.41, 5.74) is 0. The summed E-state index contributed by atoms with van der Waals surface area (Å²) in [7, 11) is 0. The molecule has 6 nitrogen and oxygen atoms in total. The molecule has 3 aromatic rings. The van der Waals surface area contributed by atoms with E-state index in [1.54, 1.807) is 19.3 Å². The van der Waals surface area contributed by atoms with E-state index in [1.165, 1.54) is 32.1 Å². The van der Waals surface area contributed by atoms with Crippen LogP contribution in [-0.4, -0.2) is 15.0 Å². The highest BCUT2D eigenvalue weighted by Crippen LogP contribution is 2.35. The lowest BCUT2D eigenvalue weighted by Crippen LogP contribution is -2.02. The number of aromatic nitrogens is 3. The minimum Gasteiger partial charge on any atom is -0.438 e. The van der Waals surface area contributed by atoms with Gasteiger partial charge in [0.25, 0.3) is 11.8 Å². The third kappa shape index (κ3) is 2.45. The van der Waals surface area contributed by atoms with Gasteiger partial charge in [0.1, 0.15) is 5.76 Å². The quantitative estimate of drug-likeness (QED) is 0.715. The fraction of sp³-hybridized carbons (Fsp3) is 0.438. The highest BCUT2D eigenvalue weighted by Gasteiger charge is 2.21. The molecule has 1 aliphatic carbocycles. The first-order valence-corrected chi connectivity index (χ1v) is 7.64. The summed E-state index contributed by atoms with van der Waals surface area (Å²) in [6.07, 6.45) is 11.2. The number of oxazole rings is 3. The lowest BCUT2D eigenvalue weighted by atomic mass is 9.88. The van der Waals surface area contributed by atoms with Crippen molar-refractivity contribution in [2.24, 2.45) is 0 Å². The Hall–Kier alpha value is -2.37. The standard InChI is InChI=1S/C16H17N3O3/c1-10-17-8-13(20-10)15-19-9-14(22-15)16-18-7-12(21-16)11-5-3-2-4-6-11/h7-9,11H,2-6H2,1H3. The average Bonchev–Trinajstić information content (AvgIpc) is 3.27. The smallest absolute Gasteiger partial charge is 0.265 e. The maximum atomic E-state index is 5.87. The summed E-state index contributed by atoms with van der Waals surface area (Å²) < 4.78 is 16.9. The molecular formula is C16H17N3O3. The predicted molar refractivity (Wildman–Crippen MR) is 78.1 cm³/mol. The minimum absolute atomic E-state index is 0.382. The molecule has 1 saturated carbocycles. The molecule has 0 unspecified atom stereocenters. The zero-order chi connectivity index (χ0) is 14.9. The molecule has 6 heteroatoms. The lowest BCUT2D eigenvalue weighted by molar-refractivity contribution is 0.374. The number of hydrogen-bond acceptors (Lipinski definition) is 6. The van der Waals surface area contributed by atoms with Crippen LogP contribution in [0.25, 0.3) is 23.3 Å². The Bertz CT molecular complexity index is 765. The van der Waals surface area contributed by atoms with Crippen LogP contribution in [0.5, 0.6) is 0 Å². The third-order valence-corrected chi connectivity index (χ3v) is 4.08. The fourth-order valence-corrected chi connectivity index (χ4v) is 2.92. The van der Waals surface area contributed by atoms with Crippen LogP contribution < -0.4 is 0 Å².